The Morgan fingerprint density at radius 3 is 2.31 bits per heavy atom. The summed E-state index contributed by atoms with van der Waals surface area (Å²) in [5, 5.41) is 7.07. The smallest absolute Gasteiger partial charge is 0.291 e. The van der Waals surface area contributed by atoms with E-state index in [4.69, 9.17) is 9.15 Å². The van der Waals surface area contributed by atoms with Crippen molar-refractivity contribution in [1.29, 1.82) is 0 Å². The van der Waals surface area contributed by atoms with Crippen LogP contribution in [0.5, 0.6) is 5.75 Å². The molecular weight excluding hydrogens is 473 g/mol. The summed E-state index contributed by atoms with van der Waals surface area (Å²) >= 11 is 0. The second kappa shape index (κ2) is 9.61. The van der Waals surface area contributed by atoms with Gasteiger partial charge in [0, 0.05) is 11.4 Å². The van der Waals surface area contributed by atoms with Gasteiger partial charge in [0.15, 0.2) is 11.5 Å². The van der Waals surface area contributed by atoms with Crippen LogP contribution in [-0.4, -0.2) is 15.7 Å². The van der Waals surface area contributed by atoms with Crippen LogP contribution in [0.4, 0.5) is 27.6 Å². The van der Waals surface area contributed by atoms with Crippen molar-refractivity contribution in [3.63, 3.8) is 0 Å². The predicted molar refractivity (Wildman–Crippen MR) is 114 cm³/mol. The Morgan fingerprint density at radius 2 is 1.66 bits per heavy atom. The van der Waals surface area contributed by atoms with E-state index in [1.807, 2.05) is 30.7 Å². The summed E-state index contributed by atoms with van der Waals surface area (Å²) in [5.74, 6) is -13.0. The molecular formula is C24H18F5N3O3. The Morgan fingerprint density at radius 1 is 0.971 bits per heavy atom. The van der Waals surface area contributed by atoms with Crippen molar-refractivity contribution in [2.75, 3.05) is 5.32 Å². The normalized spacial score (nSPS) is 11.1. The maximum absolute atomic E-state index is 13.7. The Bertz CT molecular complexity index is 1380. The number of furan rings is 1. The van der Waals surface area contributed by atoms with Crippen LogP contribution in [0.15, 0.2) is 46.9 Å². The van der Waals surface area contributed by atoms with Crippen molar-refractivity contribution in [1.82, 2.24) is 9.78 Å². The molecule has 0 bridgehead atoms. The molecule has 6 nitrogen and oxygen atoms in total. The van der Waals surface area contributed by atoms with Gasteiger partial charge in [-0.05, 0) is 49.7 Å². The van der Waals surface area contributed by atoms with Gasteiger partial charge in [-0.25, -0.2) is 13.2 Å². The molecule has 0 radical (unpaired) electrons. The molecule has 0 aliphatic rings. The lowest BCUT2D eigenvalue weighted by Gasteiger charge is -2.09. The minimum Gasteiger partial charge on any atom is -0.479 e. The topological polar surface area (TPSA) is 69.3 Å². The second-order valence-corrected chi connectivity index (χ2v) is 7.69. The summed E-state index contributed by atoms with van der Waals surface area (Å²) in [4.78, 5) is 12.5. The van der Waals surface area contributed by atoms with Crippen molar-refractivity contribution in [3.05, 3.63) is 100 Å². The molecule has 0 saturated carbocycles. The van der Waals surface area contributed by atoms with E-state index >= 15 is 0 Å². The van der Waals surface area contributed by atoms with Gasteiger partial charge in [-0.1, -0.05) is 12.1 Å². The number of nitrogens with zero attached hydrogens (tertiary/aromatic N) is 2. The summed E-state index contributed by atoms with van der Waals surface area (Å²) in [6.45, 7) is 3.66. The Kier molecular flexibility index (Phi) is 6.59. The molecule has 1 N–H and O–H groups in total. The zero-order chi connectivity index (χ0) is 25.3. The van der Waals surface area contributed by atoms with Crippen LogP contribution >= 0.6 is 0 Å². The molecule has 2 aromatic carbocycles. The van der Waals surface area contributed by atoms with Gasteiger partial charge in [0.25, 0.3) is 5.91 Å². The van der Waals surface area contributed by atoms with E-state index in [0.717, 1.165) is 17.0 Å². The van der Waals surface area contributed by atoms with E-state index in [1.165, 1.54) is 12.1 Å². The fraction of sp³-hybridized carbons (Fsp3) is 0.167. The average Bonchev–Trinajstić information content (AvgIpc) is 3.42. The molecule has 0 aliphatic heterocycles. The van der Waals surface area contributed by atoms with Gasteiger partial charge >= 0.3 is 0 Å². The number of aryl methyl sites for hydroxylation is 2. The number of hydrogen-bond acceptors (Lipinski definition) is 4. The quantitative estimate of drug-likeness (QED) is 0.206. The first-order valence-electron chi connectivity index (χ1n) is 10.3. The Balaban J connectivity index is 1.42. The molecule has 0 unspecified atom stereocenters. The van der Waals surface area contributed by atoms with Crippen molar-refractivity contribution >= 4 is 11.6 Å². The number of rotatable bonds is 7. The maximum Gasteiger partial charge on any atom is 0.291 e. The van der Waals surface area contributed by atoms with Crippen molar-refractivity contribution < 1.29 is 35.9 Å². The molecule has 2 aromatic heterocycles. The number of carbonyl (C=O) groups excluding carboxylic acids is 1. The zero-order valence-corrected chi connectivity index (χ0v) is 18.5. The first-order chi connectivity index (χ1) is 16.6. The molecule has 0 spiro atoms. The first kappa shape index (κ1) is 24.0. The molecule has 2 heterocycles. The molecule has 4 rings (SSSR count). The van der Waals surface area contributed by atoms with Crippen LogP contribution < -0.4 is 10.1 Å². The van der Waals surface area contributed by atoms with E-state index in [1.54, 1.807) is 18.2 Å². The van der Waals surface area contributed by atoms with Crippen molar-refractivity contribution in [2.24, 2.45) is 0 Å². The maximum atomic E-state index is 13.7. The number of benzene rings is 2. The highest BCUT2D eigenvalue weighted by molar-refractivity contribution is 6.02. The lowest BCUT2D eigenvalue weighted by molar-refractivity contribution is 0.0992. The van der Waals surface area contributed by atoms with Crippen molar-refractivity contribution in [3.8, 4) is 5.75 Å². The van der Waals surface area contributed by atoms with Gasteiger partial charge < -0.3 is 14.5 Å². The third-order valence-electron chi connectivity index (χ3n) is 5.03. The van der Waals surface area contributed by atoms with Gasteiger partial charge in [0.2, 0.25) is 29.1 Å². The third-order valence-corrected chi connectivity index (χ3v) is 5.03. The van der Waals surface area contributed by atoms with Gasteiger partial charge in [0.05, 0.1) is 12.2 Å². The first-order valence-corrected chi connectivity index (χ1v) is 10.3. The molecule has 11 heteroatoms. The molecule has 0 saturated heterocycles. The predicted octanol–water partition coefficient (Wildman–Crippen LogP) is 5.67. The highest BCUT2D eigenvalue weighted by Gasteiger charge is 2.27. The second-order valence-electron chi connectivity index (χ2n) is 7.69. The highest BCUT2D eigenvalue weighted by Crippen LogP contribution is 2.30. The number of hydrogen-bond donors (Lipinski definition) is 1. The zero-order valence-electron chi connectivity index (χ0n) is 18.5. The summed E-state index contributed by atoms with van der Waals surface area (Å²) in [5.41, 5.74) is 3.27. The number of anilines is 1. The summed E-state index contributed by atoms with van der Waals surface area (Å²) < 4.78 is 79.0. The molecule has 4 aromatic rings. The standard InChI is InChI=1S/C24H18F5N3O3/c1-12-8-13(2)32(31-12)10-14-4-3-5-15(9-14)30-24(33)17-7-6-16(35-17)11-34-23-21(28)19(26)18(25)20(27)22(23)29/h3-9H,10-11H2,1-2H3,(H,30,33). The van der Waals surface area contributed by atoms with Gasteiger partial charge in [0.1, 0.15) is 12.4 Å². The lowest BCUT2D eigenvalue weighted by Crippen LogP contribution is -2.11. The van der Waals surface area contributed by atoms with Crippen LogP contribution in [0, 0.1) is 42.9 Å². The molecule has 1 amide bonds. The van der Waals surface area contributed by atoms with Crippen LogP contribution in [0.3, 0.4) is 0 Å². The van der Waals surface area contributed by atoms with Crippen LogP contribution in [0.1, 0.15) is 33.3 Å². The summed E-state index contributed by atoms with van der Waals surface area (Å²) in [6.07, 6.45) is 0. The van der Waals surface area contributed by atoms with Gasteiger partial charge in [-0.2, -0.15) is 13.9 Å². The number of carbonyl (C=O) groups is 1. The number of nitrogens with one attached hydrogen (secondary N) is 1. The van der Waals surface area contributed by atoms with E-state index in [-0.39, 0.29) is 11.5 Å². The Hall–Kier alpha value is -4.15. The van der Waals surface area contributed by atoms with Crippen LogP contribution in [0.2, 0.25) is 0 Å². The molecule has 182 valence electrons. The minimum absolute atomic E-state index is 0.0719. The molecule has 0 aliphatic carbocycles. The van der Waals surface area contributed by atoms with Crippen molar-refractivity contribution in [2.45, 2.75) is 27.0 Å². The number of amides is 1. The average molecular weight is 491 g/mol. The van der Waals surface area contributed by atoms with E-state index in [9.17, 15) is 26.7 Å². The third kappa shape index (κ3) is 5.03. The molecule has 0 fully saturated rings. The SMILES string of the molecule is Cc1cc(C)n(Cc2cccc(NC(=O)c3ccc(COc4c(F)c(F)c(F)c(F)c4F)o3)c2)n1. The van der Waals surface area contributed by atoms with Crippen LogP contribution in [0.25, 0.3) is 0 Å². The summed E-state index contributed by atoms with van der Waals surface area (Å²) in [6, 6.07) is 11.6. The van der Waals surface area contributed by atoms with Crippen LogP contribution in [-0.2, 0) is 13.2 Å². The highest BCUT2D eigenvalue weighted by atomic mass is 19.2. The van der Waals surface area contributed by atoms with E-state index < -0.39 is 47.3 Å². The van der Waals surface area contributed by atoms with Gasteiger partial charge in [-0.3, -0.25) is 9.48 Å². The molecule has 35 heavy (non-hydrogen) atoms. The van der Waals surface area contributed by atoms with Gasteiger partial charge in [-0.15, -0.1) is 0 Å². The fourth-order valence-corrected chi connectivity index (χ4v) is 3.38. The Labute approximate surface area is 195 Å². The lowest BCUT2D eigenvalue weighted by atomic mass is 10.2. The van der Waals surface area contributed by atoms with E-state index in [0.29, 0.717) is 12.2 Å². The fourth-order valence-electron chi connectivity index (χ4n) is 3.38. The minimum atomic E-state index is -2.29. The number of ether oxygens (including phenoxy) is 1. The van der Waals surface area contributed by atoms with E-state index in [2.05, 4.69) is 10.4 Å². The number of aromatic nitrogens is 2. The largest absolute Gasteiger partial charge is 0.479 e. The molecule has 0 atom stereocenters. The summed E-state index contributed by atoms with van der Waals surface area (Å²) in [7, 11) is 0. The number of halogens is 5. The monoisotopic (exact) mass is 491 g/mol.